The number of para-hydroxylation sites is 1. The first-order valence-electron chi connectivity index (χ1n) is 8.67. The van der Waals surface area contributed by atoms with E-state index in [9.17, 15) is 9.90 Å². The van der Waals surface area contributed by atoms with E-state index in [-0.39, 0.29) is 24.4 Å². The molecule has 1 fully saturated rings. The van der Waals surface area contributed by atoms with Gasteiger partial charge in [-0.15, -0.1) is 5.10 Å². The average molecular weight is 328 g/mol. The number of carbonyl (C=O) groups is 1. The van der Waals surface area contributed by atoms with Gasteiger partial charge in [-0.1, -0.05) is 37.5 Å². The molecular weight excluding hydrogens is 304 g/mol. The maximum atomic E-state index is 12.5. The van der Waals surface area contributed by atoms with Crippen LogP contribution in [0.15, 0.2) is 36.7 Å². The third kappa shape index (κ3) is 4.00. The van der Waals surface area contributed by atoms with Crippen LogP contribution in [-0.2, 0) is 0 Å². The molecule has 0 saturated heterocycles. The molecule has 2 aromatic rings. The number of hydrogen-bond acceptors (Lipinski definition) is 4. The van der Waals surface area contributed by atoms with Crippen molar-refractivity contribution < 1.29 is 9.90 Å². The van der Waals surface area contributed by atoms with Crippen LogP contribution in [-0.4, -0.2) is 38.4 Å². The number of hydrogen-bond donors (Lipinski definition) is 2. The first-order chi connectivity index (χ1) is 11.8. The Kier molecular flexibility index (Phi) is 5.59. The third-order valence-electron chi connectivity index (χ3n) is 4.69. The zero-order valence-electron chi connectivity index (χ0n) is 13.8. The van der Waals surface area contributed by atoms with Crippen molar-refractivity contribution >= 4 is 5.91 Å². The van der Waals surface area contributed by atoms with Crippen molar-refractivity contribution in [3.8, 4) is 5.69 Å². The van der Waals surface area contributed by atoms with E-state index in [0.29, 0.717) is 12.3 Å². The Morgan fingerprint density at radius 1 is 1.25 bits per heavy atom. The summed E-state index contributed by atoms with van der Waals surface area (Å²) in [5.74, 6) is 0.331. The molecule has 6 heteroatoms. The minimum Gasteiger partial charge on any atom is -0.396 e. The van der Waals surface area contributed by atoms with Gasteiger partial charge >= 0.3 is 0 Å². The van der Waals surface area contributed by atoms with Crippen molar-refractivity contribution in [1.82, 2.24) is 20.1 Å². The number of benzene rings is 1. The van der Waals surface area contributed by atoms with E-state index < -0.39 is 0 Å². The number of nitrogens with zero attached hydrogens (tertiary/aromatic N) is 3. The molecule has 1 aromatic heterocycles. The SMILES string of the molecule is O=C(NC(CCO)C1CCCCC1)c1ncn(-c2ccccc2)n1. The lowest BCUT2D eigenvalue weighted by atomic mass is 9.82. The van der Waals surface area contributed by atoms with Crippen LogP contribution in [0.4, 0.5) is 0 Å². The van der Waals surface area contributed by atoms with E-state index in [1.807, 2.05) is 30.3 Å². The van der Waals surface area contributed by atoms with Gasteiger partial charge in [0.15, 0.2) is 0 Å². The second-order valence-corrected chi connectivity index (χ2v) is 6.34. The number of aliphatic hydroxyl groups is 1. The molecule has 24 heavy (non-hydrogen) atoms. The summed E-state index contributed by atoms with van der Waals surface area (Å²) < 4.78 is 1.59. The van der Waals surface area contributed by atoms with Gasteiger partial charge < -0.3 is 10.4 Å². The molecule has 6 nitrogen and oxygen atoms in total. The van der Waals surface area contributed by atoms with Crippen LogP contribution >= 0.6 is 0 Å². The van der Waals surface area contributed by atoms with Gasteiger partial charge in [-0.3, -0.25) is 4.79 Å². The van der Waals surface area contributed by atoms with Crippen LogP contribution in [0.1, 0.15) is 49.1 Å². The van der Waals surface area contributed by atoms with Crippen LogP contribution in [0.3, 0.4) is 0 Å². The van der Waals surface area contributed by atoms with Gasteiger partial charge in [0.05, 0.1) is 5.69 Å². The molecule has 3 rings (SSSR count). The molecule has 0 spiro atoms. The smallest absolute Gasteiger partial charge is 0.291 e. The Labute approximate surface area is 141 Å². The lowest BCUT2D eigenvalue weighted by Gasteiger charge is -2.30. The Balaban J connectivity index is 1.67. The van der Waals surface area contributed by atoms with Gasteiger partial charge in [0.25, 0.3) is 5.91 Å². The van der Waals surface area contributed by atoms with E-state index in [2.05, 4.69) is 15.4 Å². The van der Waals surface area contributed by atoms with Crippen molar-refractivity contribution in [1.29, 1.82) is 0 Å². The Morgan fingerprint density at radius 2 is 2.00 bits per heavy atom. The third-order valence-corrected chi connectivity index (χ3v) is 4.69. The summed E-state index contributed by atoms with van der Waals surface area (Å²) >= 11 is 0. The highest BCUT2D eigenvalue weighted by atomic mass is 16.3. The molecular formula is C18H24N4O2. The zero-order valence-corrected chi connectivity index (χ0v) is 13.8. The topological polar surface area (TPSA) is 80.0 Å². The average Bonchev–Trinajstić information content (AvgIpc) is 3.13. The van der Waals surface area contributed by atoms with Crippen molar-refractivity contribution in [2.24, 2.45) is 5.92 Å². The monoisotopic (exact) mass is 328 g/mol. The first-order valence-corrected chi connectivity index (χ1v) is 8.67. The van der Waals surface area contributed by atoms with E-state index in [1.165, 1.54) is 19.3 Å². The number of rotatable bonds is 6. The Morgan fingerprint density at radius 3 is 2.71 bits per heavy atom. The summed E-state index contributed by atoms with van der Waals surface area (Å²) in [6.07, 6.45) is 8.00. The molecule has 1 heterocycles. The largest absolute Gasteiger partial charge is 0.396 e. The number of nitrogens with one attached hydrogen (secondary N) is 1. The normalized spacial score (nSPS) is 16.7. The Hall–Kier alpha value is -2.21. The maximum Gasteiger partial charge on any atom is 0.291 e. The number of carbonyl (C=O) groups excluding carboxylic acids is 1. The summed E-state index contributed by atoms with van der Waals surface area (Å²) in [6, 6.07) is 9.57. The summed E-state index contributed by atoms with van der Waals surface area (Å²) in [5.41, 5.74) is 0.864. The van der Waals surface area contributed by atoms with Crippen LogP contribution in [0.5, 0.6) is 0 Å². The molecule has 1 saturated carbocycles. The fraction of sp³-hybridized carbons (Fsp3) is 0.500. The highest BCUT2D eigenvalue weighted by Gasteiger charge is 2.26. The predicted octanol–water partition coefficient (Wildman–Crippen LogP) is 2.33. The molecule has 1 aromatic carbocycles. The molecule has 128 valence electrons. The van der Waals surface area contributed by atoms with Crippen LogP contribution in [0.2, 0.25) is 0 Å². The molecule has 1 aliphatic rings. The van der Waals surface area contributed by atoms with Crippen molar-refractivity contribution in [2.75, 3.05) is 6.61 Å². The van der Waals surface area contributed by atoms with Gasteiger partial charge in [-0.05, 0) is 37.3 Å². The van der Waals surface area contributed by atoms with Gasteiger partial charge in [-0.25, -0.2) is 9.67 Å². The minimum atomic E-state index is -0.270. The van der Waals surface area contributed by atoms with Crippen LogP contribution in [0.25, 0.3) is 5.69 Å². The lowest BCUT2D eigenvalue weighted by molar-refractivity contribution is 0.0889. The highest BCUT2D eigenvalue weighted by Crippen LogP contribution is 2.27. The second-order valence-electron chi connectivity index (χ2n) is 6.34. The Bertz CT molecular complexity index is 650. The van der Waals surface area contributed by atoms with Gasteiger partial charge in [0.2, 0.25) is 5.82 Å². The molecule has 1 unspecified atom stereocenters. The van der Waals surface area contributed by atoms with Crippen molar-refractivity contribution in [2.45, 2.75) is 44.6 Å². The van der Waals surface area contributed by atoms with Crippen molar-refractivity contribution in [3.63, 3.8) is 0 Å². The van der Waals surface area contributed by atoms with E-state index >= 15 is 0 Å². The number of aromatic nitrogens is 3. The lowest BCUT2D eigenvalue weighted by Crippen LogP contribution is -2.42. The van der Waals surface area contributed by atoms with Gasteiger partial charge in [0, 0.05) is 12.6 Å². The summed E-state index contributed by atoms with van der Waals surface area (Å²) in [6.45, 7) is 0.0767. The van der Waals surface area contributed by atoms with Crippen LogP contribution in [0, 0.1) is 5.92 Å². The van der Waals surface area contributed by atoms with Gasteiger partial charge in [0.1, 0.15) is 6.33 Å². The summed E-state index contributed by atoms with van der Waals surface area (Å²) in [4.78, 5) is 16.6. The number of aliphatic hydroxyl groups excluding tert-OH is 1. The minimum absolute atomic E-state index is 0.00789. The van der Waals surface area contributed by atoms with E-state index in [1.54, 1.807) is 11.0 Å². The summed E-state index contributed by atoms with van der Waals surface area (Å²) in [7, 11) is 0. The molecule has 1 aliphatic carbocycles. The maximum absolute atomic E-state index is 12.5. The molecule has 0 aliphatic heterocycles. The first kappa shape index (κ1) is 16.6. The molecule has 1 atom stereocenters. The standard InChI is InChI=1S/C18H24N4O2/c23-12-11-16(14-7-3-1-4-8-14)20-18(24)17-19-13-22(21-17)15-9-5-2-6-10-15/h2,5-6,9-10,13-14,16,23H,1,3-4,7-8,11-12H2,(H,20,24). The second kappa shape index (κ2) is 8.06. The van der Waals surface area contributed by atoms with E-state index in [0.717, 1.165) is 18.5 Å². The quantitative estimate of drug-likeness (QED) is 0.853. The molecule has 2 N–H and O–H groups in total. The zero-order chi connectivity index (χ0) is 16.8. The van der Waals surface area contributed by atoms with Crippen LogP contribution < -0.4 is 5.32 Å². The highest BCUT2D eigenvalue weighted by molar-refractivity contribution is 5.90. The fourth-order valence-corrected chi connectivity index (χ4v) is 3.41. The van der Waals surface area contributed by atoms with Gasteiger partial charge in [-0.2, -0.15) is 0 Å². The molecule has 0 radical (unpaired) electrons. The molecule has 0 bridgehead atoms. The fourth-order valence-electron chi connectivity index (χ4n) is 3.41. The predicted molar refractivity (Wildman–Crippen MR) is 90.9 cm³/mol. The van der Waals surface area contributed by atoms with Crippen molar-refractivity contribution in [3.05, 3.63) is 42.5 Å². The molecule has 1 amide bonds. The summed E-state index contributed by atoms with van der Waals surface area (Å²) in [5, 5.41) is 16.6. The number of amides is 1. The van der Waals surface area contributed by atoms with E-state index in [4.69, 9.17) is 0 Å².